The minimum absolute atomic E-state index is 0.0294. The molecular weight excluding hydrogens is 261 g/mol. The van der Waals surface area contributed by atoms with Gasteiger partial charge in [-0.25, -0.2) is 4.39 Å². The number of nitrogens with two attached hydrogens (primary N) is 2. The number of halogens is 1. The van der Waals surface area contributed by atoms with Crippen LogP contribution in [-0.2, 0) is 4.79 Å². The summed E-state index contributed by atoms with van der Waals surface area (Å²) < 4.78 is 13.4. The zero-order valence-electron chi connectivity index (χ0n) is 11.1. The van der Waals surface area contributed by atoms with Gasteiger partial charge < -0.3 is 16.4 Å². The lowest BCUT2D eigenvalue weighted by Crippen LogP contribution is -2.39. The van der Waals surface area contributed by atoms with Gasteiger partial charge in [0.15, 0.2) is 0 Å². The molecule has 1 fully saturated rings. The molecule has 0 spiro atoms. The minimum atomic E-state index is -0.584. The zero-order valence-corrected chi connectivity index (χ0v) is 11.1. The van der Waals surface area contributed by atoms with E-state index in [1.54, 1.807) is 4.90 Å². The van der Waals surface area contributed by atoms with E-state index >= 15 is 0 Å². The average Bonchev–Trinajstić information content (AvgIpc) is 2.41. The number of carbonyl (C=O) groups excluding carboxylic acids is 2. The highest BCUT2D eigenvalue weighted by Crippen LogP contribution is 2.22. The molecule has 1 aliphatic rings. The first-order valence-electron chi connectivity index (χ1n) is 6.60. The van der Waals surface area contributed by atoms with Gasteiger partial charge in [0.25, 0.3) is 5.91 Å². The molecule has 0 saturated carbocycles. The predicted molar refractivity (Wildman–Crippen MR) is 73.3 cm³/mol. The van der Waals surface area contributed by atoms with Crippen LogP contribution < -0.4 is 11.5 Å². The maximum absolute atomic E-state index is 13.4. The van der Waals surface area contributed by atoms with E-state index < -0.39 is 5.82 Å². The standard InChI is InChI=1S/C14H18FN3O2/c15-11-8-10(1-2-12(11)16)14(20)18-5-3-9(4-6-18)7-13(17)19/h1-2,8-9H,3-7,16H2,(H2,17,19). The smallest absolute Gasteiger partial charge is 0.253 e. The summed E-state index contributed by atoms with van der Waals surface area (Å²) in [7, 11) is 0. The molecule has 2 amide bonds. The number of nitrogens with zero attached hydrogens (tertiary/aromatic N) is 1. The second kappa shape index (κ2) is 5.90. The molecule has 6 heteroatoms. The van der Waals surface area contributed by atoms with Crippen LogP contribution in [-0.4, -0.2) is 29.8 Å². The molecule has 0 bridgehead atoms. The van der Waals surface area contributed by atoms with Gasteiger partial charge in [-0.05, 0) is 37.0 Å². The van der Waals surface area contributed by atoms with E-state index in [9.17, 15) is 14.0 Å². The topological polar surface area (TPSA) is 89.4 Å². The Morgan fingerprint density at radius 3 is 2.50 bits per heavy atom. The van der Waals surface area contributed by atoms with Crippen LogP contribution in [0.4, 0.5) is 10.1 Å². The first-order valence-corrected chi connectivity index (χ1v) is 6.60. The number of hydrogen-bond acceptors (Lipinski definition) is 3. The lowest BCUT2D eigenvalue weighted by molar-refractivity contribution is -0.119. The molecule has 108 valence electrons. The number of piperidine rings is 1. The van der Waals surface area contributed by atoms with Gasteiger partial charge >= 0.3 is 0 Å². The van der Waals surface area contributed by atoms with Crippen molar-refractivity contribution in [3.63, 3.8) is 0 Å². The van der Waals surface area contributed by atoms with Gasteiger partial charge in [-0.1, -0.05) is 0 Å². The average molecular weight is 279 g/mol. The fourth-order valence-electron chi connectivity index (χ4n) is 2.47. The fraction of sp³-hybridized carbons (Fsp3) is 0.429. The number of primary amides is 1. The summed E-state index contributed by atoms with van der Waals surface area (Å²) in [6.07, 6.45) is 1.84. The van der Waals surface area contributed by atoms with Crippen molar-refractivity contribution in [2.24, 2.45) is 11.7 Å². The number of rotatable bonds is 3. The lowest BCUT2D eigenvalue weighted by atomic mass is 9.93. The van der Waals surface area contributed by atoms with Gasteiger partial charge in [-0.15, -0.1) is 0 Å². The Morgan fingerprint density at radius 1 is 1.30 bits per heavy atom. The molecule has 1 aromatic rings. The van der Waals surface area contributed by atoms with Crippen LogP contribution >= 0.6 is 0 Å². The van der Waals surface area contributed by atoms with Gasteiger partial charge in [0, 0.05) is 25.1 Å². The Morgan fingerprint density at radius 2 is 1.95 bits per heavy atom. The number of carbonyl (C=O) groups is 2. The molecule has 1 heterocycles. The van der Waals surface area contributed by atoms with Crippen LogP contribution in [0.25, 0.3) is 0 Å². The van der Waals surface area contributed by atoms with Crippen LogP contribution in [0.5, 0.6) is 0 Å². The lowest BCUT2D eigenvalue weighted by Gasteiger charge is -2.31. The second-order valence-electron chi connectivity index (χ2n) is 5.14. The van der Waals surface area contributed by atoms with E-state index in [-0.39, 0.29) is 23.4 Å². The summed E-state index contributed by atoms with van der Waals surface area (Å²) in [6, 6.07) is 4.08. The Hall–Kier alpha value is -2.11. The Kier molecular flexibility index (Phi) is 4.22. The molecule has 2 rings (SSSR count). The summed E-state index contributed by atoms with van der Waals surface area (Å²) in [5.41, 5.74) is 10.9. The fourth-order valence-corrected chi connectivity index (χ4v) is 2.47. The summed E-state index contributed by atoms with van der Waals surface area (Å²) in [5, 5.41) is 0. The third kappa shape index (κ3) is 3.26. The quantitative estimate of drug-likeness (QED) is 0.813. The van der Waals surface area contributed by atoms with Gasteiger partial charge in [-0.3, -0.25) is 9.59 Å². The molecule has 1 aromatic carbocycles. The normalized spacial score (nSPS) is 16.1. The van der Waals surface area contributed by atoms with E-state index in [2.05, 4.69) is 0 Å². The highest BCUT2D eigenvalue weighted by molar-refractivity contribution is 5.94. The van der Waals surface area contributed by atoms with Crippen molar-refractivity contribution in [1.82, 2.24) is 4.90 Å². The first-order chi connectivity index (χ1) is 9.47. The monoisotopic (exact) mass is 279 g/mol. The van der Waals surface area contributed by atoms with Gasteiger partial charge in [0.05, 0.1) is 5.69 Å². The molecule has 0 radical (unpaired) electrons. The molecule has 0 aliphatic carbocycles. The van der Waals surface area contributed by atoms with Crippen molar-refractivity contribution in [1.29, 1.82) is 0 Å². The number of amides is 2. The summed E-state index contributed by atoms with van der Waals surface area (Å²) in [4.78, 5) is 24.7. The van der Waals surface area contributed by atoms with Gasteiger partial charge in [0.2, 0.25) is 5.91 Å². The summed E-state index contributed by atoms with van der Waals surface area (Å²) in [6.45, 7) is 1.12. The van der Waals surface area contributed by atoms with Crippen LogP contribution in [0.15, 0.2) is 18.2 Å². The van der Waals surface area contributed by atoms with Crippen molar-refractivity contribution < 1.29 is 14.0 Å². The molecule has 1 saturated heterocycles. The maximum atomic E-state index is 13.4. The molecule has 1 aliphatic heterocycles. The number of anilines is 1. The van der Waals surface area contributed by atoms with Gasteiger partial charge in [0.1, 0.15) is 5.82 Å². The van der Waals surface area contributed by atoms with E-state index in [0.29, 0.717) is 25.1 Å². The zero-order chi connectivity index (χ0) is 14.7. The van der Waals surface area contributed by atoms with Crippen molar-refractivity contribution in [2.45, 2.75) is 19.3 Å². The third-order valence-corrected chi connectivity index (χ3v) is 3.64. The van der Waals surface area contributed by atoms with E-state index in [4.69, 9.17) is 11.5 Å². The summed E-state index contributed by atoms with van der Waals surface area (Å²) >= 11 is 0. The number of hydrogen-bond donors (Lipinski definition) is 2. The number of nitrogen functional groups attached to an aromatic ring is 1. The first kappa shape index (κ1) is 14.3. The molecule has 0 aromatic heterocycles. The van der Waals surface area contributed by atoms with E-state index in [1.165, 1.54) is 12.1 Å². The van der Waals surface area contributed by atoms with Crippen molar-refractivity contribution in [2.75, 3.05) is 18.8 Å². The largest absolute Gasteiger partial charge is 0.396 e. The minimum Gasteiger partial charge on any atom is -0.396 e. The second-order valence-corrected chi connectivity index (χ2v) is 5.14. The molecule has 0 atom stereocenters. The Balaban J connectivity index is 1.97. The third-order valence-electron chi connectivity index (χ3n) is 3.64. The molecular formula is C14H18FN3O2. The van der Waals surface area contributed by atoms with E-state index in [1.807, 2.05) is 0 Å². The predicted octanol–water partition coefficient (Wildman–Crippen LogP) is 1.14. The van der Waals surface area contributed by atoms with Crippen molar-refractivity contribution in [3.8, 4) is 0 Å². The SMILES string of the molecule is NC(=O)CC1CCN(C(=O)c2ccc(N)c(F)c2)CC1. The highest BCUT2D eigenvalue weighted by atomic mass is 19.1. The van der Waals surface area contributed by atoms with Crippen molar-refractivity contribution >= 4 is 17.5 Å². The van der Waals surface area contributed by atoms with Gasteiger partial charge in [-0.2, -0.15) is 0 Å². The Labute approximate surface area is 116 Å². The van der Waals surface area contributed by atoms with E-state index in [0.717, 1.165) is 18.9 Å². The molecule has 20 heavy (non-hydrogen) atoms. The molecule has 4 N–H and O–H groups in total. The van der Waals surface area contributed by atoms with Crippen LogP contribution in [0.3, 0.4) is 0 Å². The number of benzene rings is 1. The maximum Gasteiger partial charge on any atom is 0.253 e. The van der Waals surface area contributed by atoms with Crippen LogP contribution in [0.2, 0.25) is 0 Å². The van der Waals surface area contributed by atoms with Crippen LogP contribution in [0, 0.1) is 11.7 Å². The highest BCUT2D eigenvalue weighted by Gasteiger charge is 2.24. The summed E-state index contributed by atoms with van der Waals surface area (Å²) in [5.74, 6) is -0.865. The van der Waals surface area contributed by atoms with Crippen molar-refractivity contribution in [3.05, 3.63) is 29.6 Å². The number of likely N-dealkylation sites (tertiary alicyclic amines) is 1. The Bertz CT molecular complexity index is 525. The molecule has 0 unspecified atom stereocenters. The molecule has 5 nitrogen and oxygen atoms in total. The van der Waals surface area contributed by atoms with Crippen LogP contribution in [0.1, 0.15) is 29.6 Å².